The normalized spacial score (nSPS) is 14.0. The maximum Gasteiger partial charge on any atom is 0.308 e. The zero-order chi connectivity index (χ0) is 13.7. The van der Waals surface area contributed by atoms with Crippen molar-refractivity contribution in [3.05, 3.63) is 23.6 Å². The lowest BCUT2D eigenvalue weighted by molar-refractivity contribution is -0.147. The van der Waals surface area contributed by atoms with Gasteiger partial charge >= 0.3 is 5.97 Å². The molecule has 0 bridgehead atoms. The van der Waals surface area contributed by atoms with Crippen LogP contribution in [0.15, 0.2) is 12.3 Å². The van der Waals surface area contributed by atoms with Crippen molar-refractivity contribution in [1.82, 2.24) is 4.98 Å². The molecule has 1 aromatic heterocycles. The number of aliphatic hydroxyl groups excluding tert-OH is 2. The van der Waals surface area contributed by atoms with E-state index >= 15 is 0 Å². The highest BCUT2D eigenvalue weighted by Crippen LogP contribution is 2.23. The molecule has 0 aliphatic carbocycles. The minimum atomic E-state index is -1.50. The lowest BCUT2D eigenvalue weighted by Gasteiger charge is -2.18. The van der Waals surface area contributed by atoms with Gasteiger partial charge in [-0.25, -0.2) is 9.37 Å². The van der Waals surface area contributed by atoms with Gasteiger partial charge in [0.25, 0.3) is 0 Å². The Kier molecular flexibility index (Phi) is 4.99. The molecular formula is C11H15FN2O4. The van der Waals surface area contributed by atoms with Gasteiger partial charge in [0.1, 0.15) is 17.7 Å². The number of hydrogen-bond acceptors (Lipinski definition) is 6. The average molecular weight is 258 g/mol. The third-order valence-electron chi connectivity index (χ3n) is 2.28. The van der Waals surface area contributed by atoms with Gasteiger partial charge in [-0.15, -0.1) is 0 Å². The number of halogens is 1. The fourth-order valence-corrected chi connectivity index (χ4v) is 1.41. The maximum atomic E-state index is 13.0. The van der Waals surface area contributed by atoms with Crippen molar-refractivity contribution in [3.63, 3.8) is 0 Å². The Labute approximate surface area is 103 Å². The van der Waals surface area contributed by atoms with Crippen LogP contribution in [0.5, 0.6) is 0 Å². The van der Waals surface area contributed by atoms with Gasteiger partial charge in [-0.3, -0.25) is 4.79 Å². The van der Waals surface area contributed by atoms with Gasteiger partial charge in [0.15, 0.2) is 0 Å². The summed E-state index contributed by atoms with van der Waals surface area (Å²) < 4.78 is 17.6. The third kappa shape index (κ3) is 3.64. The number of hydrogen-bond donors (Lipinski definition) is 3. The van der Waals surface area contributed by atoms with Crippen LogP contribution in [0.25, 0.3) is 0 Å². The highest BCUT2D eigenvalue weighted by atomic mass is 19.1. The molecule has 0 radical (unpaired) electrons. The minimum absolute atomic E-state index is 0.0631. The standard InChI is InChI=1S/C11H15FN2O4/c1-2-18-9(16)4-8(15)10(17)7-3-6(12)5-14-11(7)13/h3,5,8,10,15,17H,2,4H2,1H3,(H2,13,14). The number of nitrogens with zero attached hydrogens (tertiary/aromatic N) is 1. The highest BCUT2D eigenvalue weighted by Gasteiger charge is 2.24. The van der Waals surface area contributed by atoms with Crippen molar-refractivity contribution >= 4 is 11.8 Å². The molecule has 0 amide bonds. The number of aliphatic hydroxyl groups is 2. The van der Waals surface area contributed by atoms with E-state index < -0.39 is 30.4 Å². The monoisotopic (exact) mass is 258 g/mol. The second-order valence-corrected chi connectivity index (χ2v) is 3.65. The molecule has 1 heterocycles. The predicted molar refractivity (Wildman–Crippen MR) is 60.8 cm³/mol. The third-order valence-corrected chi connectivity index (χ3v) is 2.28. The number of carbonyl (C=O) groups is 1. The number of ether oxygens (including phenoxy) is 1. The Balaban J connectivity index is 2.76. The van der Waals surface area contributed by atoms with Crippen molar-refractivity contribution in [1.29, 1.82) is 0 Å². The summed E-state index contributed by atoms with van der Waals surface area (Å²) in [6.07, 6.45) is -2.46. The van der Waals surface area contributed by atoms with Crippen molar-refractivity contribution in [2.24, 2.45) is 0 Å². The Morgan fingerprint density at radius 2 is 2.28 bits per heavy atom. The first-order chi connectivity index (χ1) is 8.45. The van der Waals surface area contributed by atoms with Crippen LogP contribution in [0.4, 0.5) is 10.2 Å². The summed E-state index contributed by atoms with van der Waals surface area (Å²) in [4.78, 5) is 14.6. The van der Waals surface area contributed by atoms with E-state index in [0.717, 1.165) is 12.3 Å². The van der Waals surface area contributed by atoms with Crippen molar-refractivity contribution in [2.75, 3.05) is 12.3 Å². The number of pyridine rings is 1. The zero-order valence-electron chi connectivity index (χ0n) is 9.84. The van der Waals surface area contributed by atoms with Crippen LogP contribution in [0, 0.1) is 5.82 Å². The summed E-state index contributed by atoms with van der Waals surface area (Å²) in [6, 6.07) is 0.960. The largest absolute Gasteiger partial charge is 0.466 e. The number of nitrogens with two attached hydrogens (primary N) is 1. The molecule has 0 aliphatic heterocycles. The highest BCUT2D eigenvalue weighted by molar-refractivity contribution is 5.70. The van der Waals surface area contributed by atoms with E-state index in [1.165, 1.54) is 0 Å². The minimum Gasteiger partial charge on any atom is -0.466 e. The maximum absolute atomic E-state index is 13.0. The molecule has 1 aromatic rings. The van der Waals surface area contributed by atoms with Gasteiger partial charge in [0.05, 0.1) is 25.3 Å². The molecule has 2 atom stereocenters. The van der Waals surface area contributed by atoms with Gasteiger partial charge in [0.2, 0.25) is 0 Å². The molecule has 6 nitrogen and oxygen atoms in total. The van der Waals surface area contributed by atoms with Crippen LogP contribution in [0.1, 0.15) is 25.0 Å². The van der Waals surface area contributed by atoms with Crippen molar-refractivity contribution in [3.8, 4) is 0 Å². The SMILES string of the molecule is CCOC(=O)CC(O)C(O)c1cc(F)cnc1N. The molecule has 0 aromatic carbocycles. The topological polar surface area (TPSA) is 106 Å². The number of nitrogen functional groups attached to an aromatic ring is 1. The van der Waals surface area contributed by atoms with E-state index in [2.05, 4.69) is 9.72 Å². The van der Waals surface area contributed by atoms with Gasteiger partial charge in [0, 0.05) is 5.56 Å². The van der Waals surface area contributed by atoms with Crippen LogP contribution >= 0.6 is 0 Å². The molecule has 0 saturated carbocycles. The molecule has 100 valence electrons. The van der Waals surface area contributed by atoms with Gasteiger partial charge in [-0.05, 0) is 13.0 Å². The molecule has 1 rings (SSSR count). The smallest absolute Gasteiger partial charge is 0.308 e. The molecule has 0 saturated heterocycles. The van der Waals surface area contributed by atoms with E-state index in [9.17, 15) is 19.4 Å². The number of esters is 1. The Morgan fingerprint density at radius 3 is 2.89 bits per heavy atom. The average Bonchev–Trinajstić information content (AvgIpc) is 2.31. The lowest BCUT2D eigenvalue weighted by atomic mass is 10.0. The zero-order valence-corrected chi connectivity index (χ0v) is 9.84. The predicted octanol–water partition coefficient (Wildman–Crippen LogP) is 0.150. The Bertz CT molecular complexity index is 428. The number of rotatable bonds is 5. The van der Waals surface area contributed by atoms with Gasteiger partial charge < -0.3 is 20.7 Å². The van der Waals surface area contributed by atoms with Crippen molar-refractivity contribution < 1.29 is 24.1 Å². The van der Waals surface area contributed by atoms with E-state index in [1.54, 1.807) is 6.92 Å². The quantitative estimate of drug-likeness (QED) is 0.649. The van der Waals surface area contributed by atoms with Crippen LogP contribution in [0.2, 0.25) is 0 Å². The van der Waals surface area contributed by atoms with Gasteiger partial charge in [-0.2, -0.15) is 0 Å². The number of aromatic nitrogens is 1. The Morgan fingerprint density at radius 1 is 1.61 bits per heavy atom. The molecule has 4 N–H and O–H groups in total. The molecule has 0 fully saturated rings. The van der Waals surface area contributed by atoms with E-state index in [-0.39, 0.29) is 18.0 Å². The van der Waals surface area contributed by atoms with Crippen LogP contribution in [0.3, 0.4) is 0 Å². The van der Waals surface area contributed by atoms with E-state index in [0.29, 0.717) is 0 Å². The van der Waals surface area contributed by atoms with Crippen molar-refractivity contribution in [2.45, 2.75) is 25.6 Å². The van der Waals surface area contributed by atoms with Gasteiger partial charge in [-0.1, -0.05) is 0 Å². The summed E-state index contributed by atoms with van der Waals surface area (Å²) in [7, 11) is 0. The lowest BCUT2D eigenvalue weighted by Crippen LogP contribution is -2.24. The molecule has 18 heavy (non-hydrogen) atoms. The summed E-state index contributed by atoms with van der Waals surface area (Å²) in [5.41, 5.74) is 5.39. The van der Waals surface area contributed by atoms with E-state index in [4.69, 9.17) is 5.73 Å². The molecule has 0 spiro atoms. The molecule has 7 heteroatoms. The Hall–Kier alpha value is -1.73. The molecule has 2 unspecified atom stereocenters. The first-order valence-corrected chi connectivity index (χ1v) is 5.38. The summed E-state index contributed by atoms with van der Waals surface area (Å²) in [5.74, 6) is -1.46. The molecular weight excluding hydrogens is 243 g/mol. The summed E-state index contributed by atoms with van der Waals surface area (Å²) in [6.45, 7) is 1.79. The first kappa shape index (κ1) is 14.3. The fourth-order valence-electron chi connectivity index (χ4n) is 1.41. The summed E-state index contributed by atoms with van der Waals surface area (Å²) in [5, 5.41) is 19.4. The number of carbonyl (C=O) groups excluding carboxylic acids is 1. The second kappa shape index (κ2) is 6.27. The second-order valence-electron chi connectivity index (χ2n) is 3.65. The van der Waals surface area contributed by atoms with E-state index in [1.807, 2.05) is 0 Å². The molecule has 0 aliphatic rings. The van der Waals surface area contributed by atoms with Crippen LogP contribution in [-0.4, -0.2) is 33.9 Å². The van der Waals surface area contributed by atoms with Crippen LogP contribution < -0.4 is 5.73 Å². The number of anilines is 1. The first-order valence-electron chi connectivity index (χ1n) is 5.38. The fraction of sp³-hybridized carbons (Fsp3) is 0.455. The van der Waals surface area contributed by atoms with Crippen LogP contribution in [-0.2, 0) is 9.53 Å². The summed E-state index contributed by atoms with van der Waals surface area (Å²) >= 11 is 0.